The lowest BCUT2D eigenvalue weighted by atomic mass is 10.0. The SMILES string of the molecule is CCCCCCCCCCCCCCC(=O)OC(CCCCCCCCCCCCC)CC(=O)O. The third-order valence-electron chi connectivity index (χ3n) is 7.06. The van der Waals surface area contributed by atoms with Crippen LogP contribution in [0, 0.1) is 0 Å². The molecule has 208 valence electrons. The van der Waals surface area contributed by atoms with Gasteiger partial charge >= 0.3 is 11.9 Å². The van der Waals surface area contributed by atoms with Crippen LogP contribution in [0.15, 0.2) is 0 Å². The molecule has 0 aliphatic heterocycles. The summed E-state index contributed by atoms with van der Waals surface area (Å²) in [5.41, 5.74) is 0. The lowest BCUT2D eigenvalue weighted by Gasteiger charge is -2.16. The second-order valence-corrected chi connectivity index (χ2v) is 10.7. The summed E-state index contributed by atoms with van der Waals surface area (Å²) in [7, 11) is 0. The van der Waals surface area contributed by atoms with E-state index in [1.807, 2.05) is 0 Å². The highest BCUT2D eigenvalue weighted by Crippen LogP contribution is 2.17. The number of carboxylic acid groups (broad SMARTS) is 1. The molecule has 1 atom stereocenters. The van der Waals surface area contributed by atoms with Crippen LogP contribution in [-0.2, 0) is 14.3 Å². The molecule has 0 aliphatic carbocycles. The molecule has 0 fully saturated rings. The van der Waals surface area contributed by atoms with Crippen LogP contribution in [0.1, 0.15) is 181 Å². The molecule has 0 aromatic rings. The summed E-state index contributed by atoms with van der Waals surface area (Å²) in [4.78, 5) is 23.4. The van der Waals surface area contributed by atoms with E-state index in [1.54, 1.807) is 0 Å². The minimum Gasteiger partial charge on any atom is -0.481 e. The molecule has 0 saturated heterocycles. The molecule has 0 heterocycles. The Labute approximate surface area is 218 Å². The second-order valence-electron chi connectivity index (χ2n) is 10.7. The molecule has 0 spiro atoms. The molecule has 0 rings (SSSR count). The van der Waals surface area contributed by atoms with Crippen LogP contribution >= 0.6 is 0 Å². The van der Waals surface area contributed by atoms with E-state index in [0.717, 1.165) is 25.7 Å². The molecule has 0 radical (unpaired) electrons. The summed E-state index contributed by atoms with van der Waals surface area (Å²) < 4.78 is 5.53. The van der Waals surface area contributed by atoms with Gasteiger partial charge < -0.3 is 9.84 Å². The van der Waals surface area contributed by atoms with Gasteiger partial charge in [-0.15, -0.1) is 0 Å². The summed E-state index contributed by atoms with van der Waals surface area (Å²) in [6.07, 6.45) is 29.7. The summed E-state index contributed by atoms with van der Waals surface area (Å²) in [5.74, 6) is -1.09. The van der Waals surface area contributed by atoms with Crippen LogP contribution in [0.5, 0.6) is 0 Å². The highest BCUT2D eigenvalue weighted by Gasteiger charge is 2.17. The van der Waals surface area contributed by atoms with Crippen molar-refractivity contribution in [1.29, 1.82) is 0 Å². The number of carboxylic acids is 1. The molecule has 4 heteroatoms. The average Bonchev–Trinajstić information content (AvgIpc) is 2.82. The van der Waals surface area contributed by atoms with Gasteiger partial charge in [0.25, 0.3) is 0 Å². The van der Waals surface area contributed by atoms with Crippen molar-refractivity contribution in [1.82, 2.24) is 0 Å². The van der Waals surface area contributed by atoms with E-state index in [9.17, 15) is 14.7 Å². The zero-order valence-electron chi connectivity index (χ0n) is 23.6. The van der Waals surface area contributed by atoms with Crippen molar-refractivity contribution in [3.8, 4) is 0 Å². The maximum Gasteiger partial charge on any atom is 0.307 e. The van der Waals surface area contributed by atoms with Gasteiger partial charge in [-0.2, -0.15) is 0 Å². The van der Waals surface area contributed by atoms with E-state index >= 15 is 0 Å². The standard InChI is InChI=1S/C31H60O4/c1-3-5-7-9-11-13-15-17-19-21-23-25-27-31(34)35-29(28-30(32)33)26-24-22-20-18-16-14-12-10-8-6-4-2/h29H,3-28H2,1-2H3,(H,32,33). The first kappa shape index (κ1) is 33.9. The van der Waals surface area contributed by atoms with Crippen molar-refractivity contribution in [3.05, 3.63) is 0 Å². The number of esters is 1. The Morgan fingerprint density at radius 1 is 0.543 bits per heavy atom. The van der Waals surface area contributed by atoms with Gasteiger partial charge in [0.2, 0.25) is 0 Å². The zero-order valence-corrected chi connectivity index (χ0v) is 23.6. The number of ether oxygens (including phenoxy) is 1. The zero-order chi connectivity index (χ0) is 25.8. The van der Waals surface area contributed by atoms with Crippen molar-refractivity contribution < 1.29 is 19.4 Å². The van der Waals surface area contributed by atoms with E-state index < -0.39 is 12.1 Å². The van der Waals surface area contributed by atoms with Crippen LogP contribution in [-0.4, -0.2) is 23.1 Å². The first-order valence-electron chi connectivity index (χ1n) is 15.5. The van der Waals surface area contributed by atoms with Gasteiger partial charge in [0.05, 0.1) is 6.42 Å². The van der Waals surface area contributed by atoms with Gasteiger partial charge in [0.15, 0.2) is 0 Å². The molecule has 35 heavy (non-hydrogen) atoms. The van der Waals surface area contributed by atoms with Crippen LogP contribution in [0.2, 0.25) is 0 Å². The molecule has 0 aromatic heterocycles. The monoisotopic (exact) mass is 496 g/mol. The Kier molecular flexibility index (Phi) is 26.7. The number of rotatable bonds is 28. The number of hydrogen-bond donors (Lipinski definition) is 1. The Morgan fingerprint density at radius 3 is 1.26 bits per heavy atom. The maximum absolute atomic E-state index is 12.2. The highest BCUT2D eigenvalue weighted by atomic mass is 16.5. The normalized spacial score (nSPS) is 12.1. The number of hydrogen-bond acceptors (Lipinski definition) is 3. The Balaban J connectivity index is 3.68. The topological polar surface area (TPSA) is 63.6 Å². The number of unbranched alkanes of at least 4 members (excludes halogenated alkanes) is 21. The van der Waals surface area contributed by atoms with Gasteiger partial charge in [-0.1, -0.05) is 149 Å². The molecule has 0 saturated carbocycles. The van der Waals surface area contributed by atoms with Crippen molar-refractivity contribution >= 4 is 11.9 Å². The van der Waals surface area contributed by atoms with Gasteiger partial charge in [0, 0.05) is 6.42 Å². The van der Waals surface area contributed by atoms with Crippen molar-refractivity contribution in [3.63, 3.8) is 0 Å². The molecule has 0 bridgehead atoms. The van der Waals surface area contributed by atoms with E-state index in [-0.39, 0.29) is 12.4 Å². The fourth-order valence-electron chi connectivity index (χ4n) is 4.79. The number of aliphatic carboxylic acids is 1. The molecular formula is C31H60O4. The second kappa shape index (κ2) is 27.5. The maximum atomic E-state index is 12.2. The number of carbonyl (C=O) groups is 2. The lowest BCUT2D eigenvalue weighted by Crippen LogP contribution is -2.21. The summed E-state index contributed by atoms with van der Waals surface area (Å²) >= 11 is 0. The molecule has 0 aromatic carbocycles. The van der Waals surface area contributed by atoms with Crippen LogP contribution in [0.4, 0.5) is 0 Å². The fourth-order valence-corrected chi connectivity index (χ4v) is 4.79. The smallest absolute Gasteiger partial charge is 0.307 e. The molecule has 4 nitrogen and oxygen atoms in total. The van der Waals surface area contributed by atoms with Crippen LogP contribution in [0.3, 0.4) is 0 Å². The molecule has 0 amide bonds. The van der Waals surface area contributed by atoms with Gasteiger partial charge in [-0.05, 0) is 19.3 Å². The molecule has 1 unspecified atom stereocenters. The minimum atomic E-state index is -0.878. The summed E-state index contributed by atoms with van der Waals surface area (Å²) in [6, 6.07) is 0. The quantitative estimate of drug-likeness (QED) is 0.0864. The first-order valence-corrected chi connectivity index (χ1v) is 15.5. The van der Waals surface area contributed by atoms with Crippen molar-refractivity contribution in [2.45, 2.75) is 187 Å². The molecule has 0 aliphatic rings. The van der Waals surface area contributed by atoms with E-state index in [1.165, 1.54) is 122 Å². The Hall–Kier alpha value is -1.06. The third kappa shape index (κ3) is 27.4. The van der Waals surface area contributed by atoms with Crippen LogP contribution < -0.4 is 0 Å². The third-order valence-corrected chi connectivity index (χ3v) is 7.06. The molecular weight excluding hydrogens is 436 g/mol. The van der Waals surface area contributed by atoms with E-state index in [4.69, 9.17) is 4.74 Å². The van der Waals surface area contributed by atoms with E-state index in [2.05, 4.69) is 13.8 Å². The van der Waals surface area contributed by atoms with E-state index in [0.29, 0.717) is 12.8 Å². The van der Waals surface area contributed by atoms with Gasteiger partial charge in [0.1, 0.15) is 6.10 Å². The van der Waals surface area contributed by atoms with Gasteiger partial charge in [-0.3, -0.25) is 9.59 Å². The van der Waals surface area contributed by atoms with Crippen molar-refractivity contribution in [2.75, 3.05) is 0 Å². The summed E-state index contributed by atoms with van der Waals surface area (Å²) in [5, 5.41) is 9.17. The predicted molar refractivity (Wildman–Crippen MR) is 149 cm³/mol. The predicted octanol–water partition coefficient (Wildman–Crippen LogP) is 10.2. The first-order chi connectivity index (χ1) is 17.1. The fraction of sp³-hybridized carbons (Fsp3) is 0.935. The van der Waals surface area contributed by atoms with Gasteiger partial charge in [-0.25, -0.2) is 0 Å². The highest BCUT2D eigenvalue weighted by molar-refractivity contribution is 5.71. The van der Waals surface area contributed by atoms with Crippen LogP contribution in [0.25, 0.3) is 0 Å². The summed E-state index contributed by atoms with van der Waals surface area (Å²) in [6.45, 7) is 4.51. The Bertz CT molecular complexity index is 463. The average molecular weight is 497 g/mol. The largest absolute Gasteiger partial charge is 0.481 e. The molecule has 1 N–H and O–H groups in total. The Morgan fingerprint density at radius 2 is 0.886 bits per heavy atom. The number of carbonyl (C=O) groups excluding carboxylic acids is 1. The van der Waals surface area contributed by atoms with Crippen molar-refractivity contribution in [2.24, 2.45) is 0 Å². The minimum absolute atomic E-state index is 0.0675. The lowest BCUT2D eigenvalue weighted by molar-refractivity contribution is -0.153.